The molecule has 0 saturated carbocycles. The van der Waals surface area contributed by atoms with Crippen LogP contribution in [0.1, 0.15) is 19.7 Å². The molecule has 19 heavy (non-hydrogen) atoms. The number of benzene rings is 1. The third-order valence-electron chi connectivity index (χ3n) is 2.30. The normalized spacial score (nSPS) is 11.0. The zero-order valence-corrected chi connectivity index (χ0v) is 11.3. The van der Waals surface area contributed by atoms with Gasteiger partial charge in [0.2, 0.25) is 5.89 Å². The Morgan fingerprint density at radius 2 is 2.16 bits per heavy atom. The van der Waals surface area contributed by atoms with Crippen LogP contribution in [0.15, 0.2) is 22.6 Å². The molecule has 1 aromatic carbocycles. The Bertz CT molecular complexity index is 558. The second kappa shape index (κ2) is 5.99. The van der Waals surface area contributed by atoms with Crippen LogP contribution in [0.5, 0.6) is 0 Å². The highest BCUT2D eigenvalue weighted by molar-refractivity contribution is 6.30. The first kappa shape index (κ1) is 13.8. The molecule has 0 aliphatic carbocycles. The minimum absolute atomic E-state index is 0.141. The fourth-order valence-corrected chi connectivity index (χ4v) is 1.53. The summed E-state index contributed by atoms with van der Waals surface area (Å²) in [5, 5.41) is 13.8. The monoisotopic (exact) mass is 284 g/mol. The van der Waals surface area contributed by atoms with Crippen molar-refractivity contribution in [3.63, 3.8) is 0 Å². The van der Waals surface area contributed by atoms with Gasteiger partial charge in [-0.05, 0) is 18.2 Å². The van der Waals surface area contributed by atoms with Crippen LogP contribution in [-0.4, -0.2) is 16.2 Å². The van der Waals surface area contributed by atoms with E-state index < -0.39 is 5.82 Å². The molecular formula is C12H14ClFN4O. The highest BCUT2D eigenvalue weighted by Crippen LogP contribution is 2.22. The van der Waals surface area contributed by atoms with Gasteiger partial charge in [0.05, 0.1) is 12.2 Å². The van der Waals surface area contributed by atoms with Gasteiger partial charge in [0, 0.05) is 11.1 Å². The summed E-state index contributed by atoms with van der Waals surface area (Å²) in [5.41, 5.74) is 0.233. The largest absolute Gasteiger partial charge is 0.406 e. The molecule has 0 bridgehead atoms. The molecule has 0 unspecified atom stereocenters. The summed E-state index contributed by atoms with van der Waals surface area (Å²) in [5.74, 6) is -0.0434. The van der Waals surface area contributed by atoms with E-state index in [2.05, 4.69) is 20.8 Å². The molecule has 0 amide bonds. The van der Waals surface area contributed by atoms with E-state index in [1.54, 1.807) is 6.07 Å². The average Bonchev–Trinajstić information content (AvgIpc) is 2.78. The maximum absolute atomic E-state index is 13.5. The maximum Gasteiger partial charge on any atom is 0.320 e. The van der Waals surface area contributed by atoms with Gasteiger partial charge in [-0.2, -0.15) is 0 Å². The van der Waals surface area contributed by atoms with E-state index in [9.17, 15) is 4.39 Å². The van der Waals surface area contributed by atoms with Gasteiger partial charge >= 0.3 is 6.01 Å². The molecule has 0 fully saturated rings. The van der Waals surface area contributed by atoms with Crippen molar-refractivity contribution in [2.75, 3.05) is 5.32 Å². The Morgan fingerprint density at radius 1 is 1.37 bits per heavy atom. The quantitative estimate of drug-likeness (QED) is 0.883. The fourth-order valence-electron chi connectivity index (χ4n) is 1.37. The van der Waals surface area contributed by atoms with Crippen molar-refractivity contribution in [2.24, 2.45) is 0 Å². The van der Waals surface area contributed by atoms with Crippen LogP contribution < -0.4 is 10.6 Å². The minimum atomic E-state index is -0.479. The first-order chi connectivity index (χ1) is 9.04. The molecule has 0 aliphatic rings. The second-order valence-corrected chi connectivity index (χ2v) is 4.72. The van der Waals surface area contributed by atoms with Crippen molar-refractivity contribution < 1.29 is 8.81 Å². The number of nitrogens with zero attached hydrogens (tertiary/aromatic N) is 2. The van der Waals surface area contributed by atoms with E-state index >= 15 is 0 Å². The standard InChI is InChI=1S/C12H14ClFN4O/c1-7(2)15-6-11-17-18-12(19-11)16-10-4-3-8(13)5-9(10)14/h3-5,7,15H,6H2,1-2H3,(H,16,18). The summed E-state index contributed by atoms with van der Waals surface area (Å²) in [6.45, 7) is 4.49. The molecule has 2 rings (SSSR count). The first-order valence-corrected chi connectivity index (χ1v) is 6.20. The lowest BCUT2D eigenvalue weighted by Crippen LogP contribution is -2.21. The molecule has 1 aromatic heterocycles. The molecule has 1 heterocycles. The van der Waals surface area contributed by atoms with Crippen LogP contribution in [0.3, 0.4) is 0 Å². The number of anilines is 2. The Kier molecular flexibility index (Phi) is 4.34. The topological polar surface area (TPSA) is 63.0 Å². The summed E-state index contributed by atoms with van der Waals surface area (Å²) in [4.78, 5) is 0. The maximum atomic E-state index is 13.5. The molecule has 2 N–H and O–H groups in total. The van der Waals surface area contributed by atoms with Crippen LogP contribution in [0.4, 0.5) is 16.1 Å². The first-order valence-electron chi connectivity index (χ1n) is 5.82. The zero-order valence-electron chi connectivity index (χ0n) is 10.6. The van der Waals surface area contributed by atoms with E-state index in [0.29, 0.717) is 23.5 Å². The van der Waals surface area contributed by atoms with E-state index in [-0.39, 0.29) is 11.7 Å². The number of nitrogens with one attached hydrogen (secondary N) is 2. The van der Waals surface area contributed by atoms with Gasteiger partial charge in [-0.1, -0.05) is 30.5 Å². The van der Waals surface area contributed by atoms with E-state index in [1.807, 2.05) is 13.8 Å². The number of rotatable bonds is 5. The molecule has 0 aliphatic heterocycles. The van der Waals surface area contributed by atoms with E-state index in [4.69, 9.17) is 16.0 Å². The van der Waals surface area contributed by atoms with Gasteiger partial charge in [-0.3, -0.25) is 0 Å². The van der Waals surface area contributed by atoms with Crippen LogP contribution in [0.2, 0.25) is 5.02 Å². The van der Waals surface area contributed by atoms with Gasteiger partial charge < -0.3 is 15.1 Å². The molecule has 0 spiro atoms. The summed E-state index contributed by atoms with van der Waals surface area (Å²) >= 11 is 5.67. The van der Waals surface area contributed by atoms with Gasteiger partial charge in [-0.25, -0.2) is 4.39 Å². The van der Waals surface area contributed by atoms with Gasteiger partial charge in [0.15, 0.2) is 0 Å². The van der Waals surface area contributed by atoms with Crippen LogP contribution in [0.25, 0.3) is 0 Å². The molecule has 0 atom stereocenters. The predicted molar refractivity (Wildman–Crippen MR) is 71.0 cm³/mol. The van der Waals surface area contributed by atoms with Crippen molar-refractivity contribution in [1.82, 2.24) is 15.5 Å². The highest BCUT2D eigenvalue weighted by atomic mass is 35.5. The zero-order chi connectivity index (χ0) is 13.8. The number of hydrogen-bond acceptors (Lipinski definition) is 5. The Balaban J connectivity index is 2.03. The lowest BCUT2D eigenvalue weighted by molar-refractivity contribution is 0.460. The van der Waals surface area contributed by atoms with Gasteiger partial charge in [-0.15, -0.1) is 5.10 Å². The minimum Gasteiger partial charge on any atom is -0.406 e. The Labute approximate surface area is 115 Å². The lowest BCUT2D eigenvalue weighted by atomic mass is 10.3. The van der Waals surface area contributed by atoms with Crippen LogP contribution in [0, 0.1) is 5.82 Å². The second-order valence-electron chi connectivity index (χ2n) is 4.29. The third-order valence-corrected chi connectivity index (χ3v) is 2.54. The van der Waals surface area contributed by atoms with E-state index in [1.165, 1.54) is 12.1 Å². The number of halogens is 2. The molecule has 5 nitrogen and oxygen atoms in total. The smallest absolute Gasteiger partial charge is 0.320 e. The average molecular weight is 285 g/mol. The molecule has 0 saturated heterocycles. The number of hydrogen-bond donors (Lipinski definition) is 2. The van der Waals surface area contributed by atoms with Crippen LogP contribution in [-0.2, 0) is 6.54 Å². The molecule has 7 heteroatoms. The van der Waals surface area contributed by atoms with Crippen molar-refractivity contribution in [1.29, 1.82) is 0 Å². The summed E-state index contributed by atoms with van der Waals surface area (Å²) < 4.78 is 18.9. The molecular weight excluding hydrogens is 271 g/mol. The van der Waals surface area contributed by atoms with E-state index in [0.717, 1.165) is 0 Å². The highest BCUT2D eigenvalue weighted by Gasteiger charge is 2.09. The molecule has 102 valence electrons. The Morgan fingerprint density at radius 3 is 2.84 bits per heavy atom. The fraction of sp³-hybridized carbons (Fsp3) is 0.333. The summed E-state index contributed by atoms with van der Waals surface area (Å²) in [6.07, 6.45) is 0. The molecule has 2 aromatic rings. The lowest BCUT2D eigenvalue weighted by Gasteiger charge is -2.04. The number of aromatic nitrogens is 2. The summed E-state index contributed by atoms with van der Waals surface area (Å²) in [7, 11) is 0. The Hall–Kier alpha value is -1.66. The van der Waals surface area contributed by atoms with Crippen molar-refractivity contribution in [3.05, 3.63) is 34.9 Å². The predicted octanol–water partition coefficient (Wildman–Crippen LogP) is 3.10. The van der Waals surface area contributed by atoms with Gasteiger partial charge in [0.1, 0.15) is 5.82 Å². The van der Waals surface area contributed by atoms with Gasteiger partial charge in [0.25, 0.3) is 0 Å². The molecule has 0 radical (unpaired) electrons. The third kappa shape index (κ3) is 3.90. The van der Waals surface area contributed by atoms with Crippen molar-refractivity contribution in [3.8, 4) is 0 Å². The SMILES string of the molecule is CC(C)NCc1nnc(Nc2ccc(Cl)cc2F)o1. The summed E-state index contributed by atoms with van der Waals surface area (Å²) in [6, 6.07) is 4.75. The van der Waals surface area contributed by atoms with Crippen molar-refractivity contribution >= 4 is 23.3 Å². The van der Waals surface area contributed by atoms with Crippen molar-refractivity contribution in [2.45, 2.75) is 26.4 Å². The van der Waals surface area contributed by atoms with Crippen LogP contribution >= 0.6 is 11.6 Å².